The summed E-state index contributed by atoms with van der Waals surface area (Å²) in [6.07, 6.45) is 5.21. The number of thiazole rings is 1. The van der Waals surface area contributed by atoms with E-state index in [-0.39, 0.29) is 23.1 Å². The van der Waals surface area contributed by atoms with Crippen molar-refractivity contribution in [3.05, 3.63) is 101 Å². The smallest absolute Gasteiger partial charge is 0.355 e. The van der Waals surface area contributed by atoms with Crippen LogP contribution in [0.25, 0.3) is 21.3 Å². The number of carbonyl (C=O) groups excluding carboxylic acids is 1. The molecular weight excluding hydrogens is 609 g/mol. The summed E-state index contributed by atoms with van der Waals surface area (Å²) < 4.78 is 7.52. The monoisotopic (exact) mass is 646 g/mol. The highest BCUT2D eigenvalue weighted by Crippen LogP contribution is 2.39. The number of nitrogens with zero attached hydrogens (tertiary/aromatic N) is 3. The van der Waals surface area contributed by atoms with Gasteiger partial charge in [0.15, 0.2) is 10.8 Å². The molecule has 2 aliphatic rings. The molecule has 1 unspecified atom stereocenters. The molecule has 1 saturated carbocycles. The third-order valence-electron chi connectivity index (χ3n) is 9.47. The minimum atomic E-state index is -1.09. The van der Waals surface area contributed by atoms with Crippen LogP contribution in [0.4, 0.5) is 10.9 Å². The molecule has 1 aliphatic carbocycles. The molecule has 7 rings (SSSR count). The van der Waals surface area contributed by atoms with Crippen molar-refractivity contribution in [2.24, 2.45) is 5.41 Å². The van der Waals surface area contributed by atoms with Crippen molar-refractivity contribution < 1.29 is 19.4 Å². The summed E-state index contributed by atoms with van der Waals surface area (Å²) in [5.41, 5.74) is 5.94. The number of amides is 1. The first-order valence-corrected chi connectivity index (χ1v) is 17.0. The Kier molecular flexibility index (Phi) is 8.18. The summed E-state index contributed by atoms with van der Waals surface area (Å²) in [5.74, 6) is 0.0455. The van der Waals surface area contributed by atoms with Crippen LogP contribution >= 0.6 is 11.3 Å². The zero-order chi connectivity index (χ0) is 32.7. The van der Waals surface area contributed by atoms with Crippen LogP contribution in [0.1, 0.15) is 77.1 Å². The molecule has 0 radical (unpaired) electrons. The first-order chi connectivity index (χ1) is 22.6. The summed E-state index contributed by atoms with van der Waals surface area (Å²) in [6, 6.07) is 23.1. The number of anilines is 2. The number of rotatable bonds is 7. The van der Waals surface area contributed by atoms with E-state index in [1.165, 1.54) is 17.8 Å². The van der Waals surface area contributed by atoms with E-state index in [0.29, 0.717) is 41.6 Å². The first-order valence-electron chi connectivity index (χ1n) is 16.2. The minimum absolute atomic E-state index is 0.00536. The Labute approximate surface area is 278 Å². The van der Waals surface area contributed by atoms with E-state index in [1.54, 1.807) is 0 Å². The highest BCUT2D eigenvalue weighted by molar-refractivity contribution is 7.22. The zero-order valence-electron chi connectivity index (χ0n) is 26.9. The molecule has 0 saturated heterocycles. The lowest BCUT2D eigenvalue weighted by molar-refractivity contribution is 0.0691. The van der Waals surface area contributed by atoms with Crippen molar-refractivity contribution in [1.29, 1.82) is 0 Å². The predicted octanol–water partition coefficient (Wildman–Crippen LogP) is 8.53. The lowest BCUT2D eigenvalue weighted by Crippen LogP contribution is -2.33. The van der Waals surface area contributed by atoms with Gasteiger partial charge in [0.2, 0.25) is 0 Å². The molecule has 1 fully saturated rings. The van der Waals surface area contributed by atoms with Crippen LogP contribution in [0.15, 0.2) is 72.8 Å². The highest BCUT2D eigenvalue weighted by atomic mass is 32.1. The number of hydrogen-bond acceptors (Lipinski definition) is 7. The van der Waals surface area contributed by atoms with Gasteiger partial charge in [0.1, 0.15) is 11.6 Å². The third kappa shape index (κ3) is 6.32. The molecule has 0 spiro atoms. The van der Waals surface area contributed by atoms with Gasteiger partial charge in [0, 0.05) is 24.2 Å². The third-order valence-corrected chi connectivity index (χ3v) is 10.4. The van der Waals surface area contributed by atoms with Crippen molar-refractivity contribution in [2.75, 3.05) is 16.8 Å². The normalized spacial score (nSPS) is 17.3. The standard InChI is InChI=1S/C38H38N4O4S/c1-23-26(11-7-14-31(23)46-25-10-8-19-38(2,3)21-25)27-16-17-33(40-34(27)36(44)45)42-20-18-24-9-6-12-28(29(24)22-42)35(43)41-37-39-30-13-4-5-15-32(30)47-37/h4-7,9,11-17,25H,8,10,18-22H2,1-3H3,(H,44,45)(H,39,41,43). The number of aromatic nitrogens is 2. The number of fused-ring (bicyclic) bond motifs is 2. The Balaban J connectivity index is 1.14. The van der Waals surface area contributed by atoms with E-state index in [9.17, 15) is 14.7 Å². The van der Waals surface area contributed by atoms with Crippen LogP contribution < -0.4 is 15.0 Å². The van der Waals surface area contributed by atoms with E-state index < -0.39 is 5.97 Å². The van der Waals surface area contributed by atoms with Crippen molar-refractivity contribution in [3.63, 3.8) is 0 Å². The van der Waals surface area contributed by atoms with Crippen LogP contribution in [-0.4, -0.2) is 39.6 Å². The van der Waals surface area contributed by atoms with Gasteiger partial charge in [-0.15, -0.1) is 0 Å². The second-order valence-electron chi connectivity index (χ2n) is 13.4. The Morgan fingerprint density at radius 2 is 1.83 bits per heavy atom. The summed E-state index contributed by atoms with van der Waals surface area (Å²) >= 11 is 1.44. The molecule has 3 heterocycles. The van der Waals surface area contributed by atoms with Gasteiger partial charge in [-0.05, 0) is 103 Å². The molecule has 2 aromatic heterocycles. The van der Waals surface area contributed by atoms with E-state index in [4.69, 9.17) is 9.72 Å². The number of carboxylic acids is 1. The molecule has 47 heavy (non-hydrogen) atoms. The molecule has 1 atom stereocenters. The number of hydrogen-bond donors (Lipinski definition) is 2. The summed E-state index contributed by atoms with van der Waals surface area (Å²) in [6.45, 7) is 7.66. The summed E-state index contributed by atoms with van der Waals surface area (Å²) in [5, 5.41) is 13.9. The topological polar surface area (TPSA) is 105 Å². The maximum absolute atomic E-state index is 13.5. The quantitative estimate of drug-likeness (QED) is 0.183. The Bertz CT molecular complexity index is 1970. The molecule has 1 amide bonds. The highest BCUT2D eigenvalue weighted by Gasteiger charge is 2.30. The average molecular weight is 647 g/mol. The molecular formula is C38H38N4O4S. The van der Waals surface area contributed by atoms with Crippen LogP contribution in [0, 0.1) is 12.3 Å². The van der Waals surface area contributed by atoms with Gasteiger partial charge in [-0.2, -0.15) is 0 Å². The van der Waals surface area contributed by atoms with Crippen molar-refractivity contribution in [3.8, 4) is 16.9 Å². The predicted molar refractivity (Wildman–Crippen MR) is 187 cm³/mol. The van der Waals surface area contributed by atoms with Crippen molar-refractivity contribution in [2.45, 2.75) is 65.5 Å². The SMILES string of the molecule is Cc1c(OC2CCCC(C)(C)C2)cccc1-c1ccc(N2CCc3cccc(C(=O)Nc4nc5ccccc5s4)c3C2)nc1C(=O)O. The fourth-order valence-corrected chi connectivity index (χ4v) is 7.89. The van der Waals surface area contributed by atoms with Gasteiger partial charge in [-0.1, -0.05) is 61.6 Å². The van der Waals surface area contributed by atoms with Gasteiger partial charge in [0.05, 0.1) is 16.3 Å². The molecule has 8 nitrogen and oxygen atoms in total. The molecule has 3 aromatic carbocycles. The van der Waals surface area contributed by atoms with Crippen LogP contribution in [0.3, 0.4) is 0 Å². The maximum atomic E-state index is 13.5. The number of ether oxygens (including phenoxy) is 1. The number of carbonyl (C=O) groups is 2. The largest absolute Gasteiger partial charge is 0.490 e. The van der Waals surface area contributed by atoms with Gasteiger partial charge in [-0.3, -0.25) is 10.1 Å². The molecule has 9 heteroatoms. The summed E-state index contributed by atoms with van der Waals surface area (Å²) in [4.78, 5) is 37.4. The Hall–Kier alpha value is -4.76. The maximum Gasteiger partial charge on any atom is 0.355 e. The van der Waals surface area contributed by atoms with Crippen molar-refractivity contribution in [1.82, 2.24) is 9.97 Å². The lowest BCUT2D eigenvalue weighted by Gasteiger charge is -2.35. The van der Waals surface area contributed by atoms with Crippen LogP contribution in [0.2, 0.25) is 0 Å². The number of pyridine rings is 1. The zero-order valence-corrected chi connectivity index (χ0v) is 27.7. The minimum Gasteiger partial charge on any atom is -0.490 e. The molecule has 2 N–H and O–H groups in total. The second kappa shape index (κ2) is 12.4. The van der Waals surface area contributed by atoms with Crippen molar-refractivity contribution >= 4 is 44.4 Å². The number of benzene rings is 3. The van der Waals surface area contributed by atoms with E-state index in [1.807, 2.05) is 84.6 Å². The molecule has 240 valence electrons. The lowest BCUT2D eigenvalue weighted by atomic mass is 9.76. The number of aromatic carboxylic acids is 1. The molecule has 1 aliphatic heterocycles. The second-order valence-corrected chi connectivity index (χ2v) is 14.4. The van der Waals surface area contributed by atoms with Gasteiger partial charge in [0.25, 0.3) is 5.91 Å². The van der Waals surface area contributed by atoms with Crippen LogP contribution in [0.5, 0.6) is 5.75 Å². The van der Waals surface area contributed by atoms with Crippen LogP contribution in [-0.2, 0) is 13.0 Å². The van der Waals surface area contributed by atoms with E-state index in [0.717, 1.165) is 57.5 Å². The average Bonchev–Trinajstić information content (AvgIpc) is 3.47. The van der Waals surface area contributed by atoms with Gasteiger partial charge < -0.3 is 14.7 Å². The van der Waals surface area contributed by atoms with Gasteiger partial charge in [-0.25, -0.2) is 14.8 Å². The fourth-order valence-electron chi connectivity index (χ4n) is 7.03. The first kappa shape index (κ1) is 30.9. The fraction of sp³-hybridized carbons (Fsp3) is 0.316. The number of para-hydroxylation sites is 1. The number of carboxylic acid groups (broad SMARTS) is 1. The van der Waals surface area contributed by atoms with E-state index in [2.05, 4.69) is 24.1 Å². The summed E-state index contributed by atoms with van der Waals surface area (Å²) in [7, 11) is 0. The van der Waals surface area contributed by atoms with Gasteiger partial charge >= 0.3 is 5.97 Å². The Morgan fingerprint density at radius 3 is 2.64 bits per heavy atom. The number of nitrogens with one attached hydrogen (secondary N) is 1. The Morgan fingerprint density at radius 1 is 1.00 bits per heavy atom. The molecule has 0 bridgehead atoms. The molecule has 5 aromatic rings. The van der Waals surface area contributed by atoms with E-state index >= 15 is 0 Å².